The number of benzene rings is 1. The molecule has 0 bridgehead atoms. The number of anilines is 1. The van der Waals surface area contributed by atoms with Gasteiger partial charge in [0.05, 0.1) is 34.9 Å². The molecule has 7 nitrogen and oxygen atoms in total. The highest BCUT2D eigenvalue weighted by molar-refractivity contribution is 7.92. The number of rotatable bonds is 4. The first-order valence-corrected chi connectivity index (χ1v) is 11.8. The molecule has 3 heterocycles. The van der Waals surface area contributed by atoms with E-state index in [2.05, 4.69) is 25.7 Å². The third kappa shape index (κ3) is 3.37. The summed E-state index contributed by atoms with van der Waals surface area (Å²) in [4.78, 5) is 12.2. The number of sulfonamides is 1. The Bertz CT molecular complexity index is 1300. The molecule has 1 saturated carbocycles. The lowest BCUT2D eigenvalue weighted by Crippen LogP contribution is -2.11. The first-order chi connectivity index (χ1) is 14.0. The molecule has 1 aliphatic carbocycles. The van der Waals surface area contributed by atoms with E-state index >= 15 is 0 Å². The van der Waals surface area contributed by atoms with Crippen molar-refractivity contribution in [2.24, 2.45) is 0 Å². The quantitative estimate of drug-likeness (QED) is 0.526. The zero-order valence-electron chi connectivity index (χ0n) is 16.2. The minimum absolute atomic E-state index is 0.512. The third-order valence-corrected chi connectivity index (χ3v) is 6.35. The fourth-order valence-corrected chi connectivity index (χ4v) is 4.97. The van der Waals surface area contributed by atoms with Gasteiger partial charge in [-0.3, -0.25) is 9.12 Å². The van der Waals surface area contributed by atoms with Crippen LogP contribution in [-0.2, 0) is 10.0 Å². The van der Waals surface area contributed by atoms with Gasteiger partial charge in [-0.2, -0.15) is 0 Å². The van der Waals surface area contributed by atoms with Gasteiger partial charge in [-0.05, 0) is 42.5 Å². The molecule has 0 saturated heterocycles. The SMILES string of the molecule is CS(=O)(=O)Nc1ccc(C2CCCCC2)cc1-c1ncn2c1cnc1[nH]ccc12. The van der Waals surface area contributed by atoms with E-state index in [-0.39, 0.29) is 0 Å². The smallest absolute Gasteiger partial charge is 0.229 e. The molecule has 29 heavy (non-hydrogen) atoms. The van der Waals surface area contributed by atoms with Crippen LogP contribution in [0.1, 0.15) is 43.6 Å². The molecular formula is C21H23N5O2S. The Hall–Kier alpha value is -2.87. The van der Waals surface area contributed by atoms with Gasteiger partial charge in [0.1, 0.15) is 6.33 Å². The van der Waals surface area contributed by atoms with E-state index in [0.29, 0.717) is 11.6 Å². The van der Waals surface area contributed by atoms with Crippen LogP contribution in [0.15, 0.2) is 43.0 Å². The van der Waals surface area contributed by atoms with E-state index in [1.807, 2.05) is 28.8 Å². The molecule has 0 amide bonds. The molecule has 3 aromatic heterocycles. The van der Waals surface area contributed by atoms with E-state index < -0.39 is 10.0 Å². The van der Waals surface area contributed by atoms with Crippen LogP contribution in [0.4, 0.5) is 5.69 Å². The molecule has 0 radical (unpaired) electrons. The van der Waals surface area contributed by atoms with Gasteiger partial charge in [0, 0.05) is 11.8 Å². The molecule has 0 unspecified atom stereocenters. The maximum absolute atomic E-state index is 12.0. The molecule has 0 aliphatic heterocycles. The molecule has 1 aromatic carbocycles. The predicted molar refractivity (Wildman–Crippen MR) is 115 cm³/mol. The fourth-order valence-electron chi connectivity index (χ4n) is 4.39. The van der Waals surface area contributed by atoms with Gasteiger partial charge >= 0.3 is 0 Å². The summed E-state index contributed by atoms with van der Waals surface area (Å²) in [5.74, 6) is 0.512. The Labute approximate surface area is 169 Å². The predicted octanol–water partition coefficient (Wildman–Crippen LogP) is 4.30. The van der Waals surface area contributed by atoms with Crippen molar-refractivity contribution in [3.05, 3.63) is 48.5 Å². The summed E-state index contributed by atoms with van der Waals surface area (Å²) in [6.45, 7) is 0. The van der Waals surface area contributed by atoms with Crippen LogP contribution < -0.4 is 4.72 Å². The maximum atomic E-state index is 12.0. The summed E-state index contributed by atoms with van der Waals surface area (Å²) in [6, 6.07) is 7.98. The van der Waals surface area contributed by atoms with Crippen LogP contribution in [0.25, 0.3) is 27.9 Å². The lowest BCUT2D eigenvalue weighted by Gasteiger charge is -2.23. The van der Waals surface area contributed by atoms with Crippen LogP contribution in [0.2, 0.25) is 0 Å². The maximum Gasteiger partial charge on any atom is 0.229 e. The molecule has 4 aromatic rings. The largest absolute Gasteiger partial charge is 0.345 e. The first-order valence-electron chi connectivity index (χ1n) is 9.91. The van der Waals surface area contributed by atoms with Crippen LogP contribution >= 0.6 is 0 Å². The zero-order valence-corrected chi connectivity index (χ0v) is 17.0. The number of hydrogen-bond donors (Lipinski definition) is 2. The van der Waals surface area contributed by atoms with Gasteiger partial charge in [0.25, 0.3) is 0 Å². The summed E-state index contributed by atoms with van der Waals surface area (Å²) < 4.78 is 28.6. The first kappa shape index (κ1) is 18.2. The van der Waals surface area contributed by atoms with Crippen molar-refractivity contribution in [3.63, 3.8) is 0 Å². The lowest BCUT2D eigenvalue weighted by atomic mass is 9.83. The van der Waals surface area contributed by atoms with Crippen LogP contribution in [0.3, 0.4) is 0 Å². The van der Waals surface area contributed by atoms with Crippen LogP contribution in [-0.4, -0.2) is 34.0 Å². The summed E-state index contributed by atoms with van der Waals surface area (Å²) in [5.41, 5.74) is 5.86. The third-order valence-electron chi connectivity index (χ3n) is 5.75. The van der Waals surface area contributed by atoms with E-state index in [4.69, 9.17) is 0 Å². The minimum atomic E-state index is -3.41. The number of hydrogen-bond acceptors (Lipinski definition) is 4. The highest BCUT2D eigenvalue weighted by Crippen LogP contribution is 2.38. The van der Waals surface area contributed by atoms with E-state index in [1.165, 1.54) is 43.9 Å². The number of fused-ring (bicyclic) bond motifs is 3. The molecule has 5 rings (SSSR count). The van der Waals surface area contributed by atoms with Crippen molar-refractivity contribution in [1.82, 2.24) is 19.4 Å². The number of aromatic amines is 1. The summed E-state index contributed by atoms with van der Waals surface area (Å²) >= 11 is 0. The summed E-state index contributed by atoms with van der Waals surface area (Å²) in [6.07, 6.45) is 12.7. The second-order valence-electron chi connectivity index (χ2n) is 7.83. The average Bonchev–Trinajstić information content (AvgIpc) is 3.34. The molecule has 0 spiro atoms. The van der Waals surface area contributed by atoms with E-state index in [1.54, 1.807) is 12.5 Å². The second kappa shape index (κ2) is 6.88. The van der Waals surface area contributed by atoms with E-state index in [0.717, 1.165) is 27.9 Å². The lowest BCUT2D eigenvalue weighted by molar-refractivity contribution is 0.444. The topological polar surface area (TPSA) is 92.2 Å². The van der Waals surface area contributed by atoms with Crippen molar-refractivity contribution in [2.75, 3.05) is 11.0 Å². The molecule has 2 N–H and O–H groups in total. The van der Waals surface area contributed by atoms with Gasteiger partial charge in [-0.1, -0.05) is 25.3 Å². The number of nitrogens with zero attached hydrogens (tertiary/aromatic N) is 3. The fraction of sp³-hybridized carbons (Fsp3) is 0.333. The Morgan fingerprint density at radius 2 is 1.93 bits per heavy atom. The van der Waals surface area contributed by atoms with Crippen molar-refractivity contribution in [2.45, 2.75) is 38.0 Å². The van der Waals surface area contributed by atoms with Gasteiger partial charge in [0.15, 0.2) is 5.65 Å². The van der Waals surface area contributed by atoms with Crippen molar-refractivity contribution >= 4 is 32.4 Å². The highest BCUT2D eigenvalue weighted by atomic mass is 32.2. The minimum Gasteiger partial charge on any atom is -0.345 e. The van der Waals surface area contributed by atoms with Gasteiger partial charge in [-0.25, -0.2) is 18.4 Å². The zero-order chi connectivity index (χ0) is 20.0. The average molecular weight is 410 g/mol. The second-order valence-corrected chi connectivity index (χ2v) is 9.58. The Kier molecular flexibility index (Phi) is 4.31. The monoisotopic (exact) mass is 409 g/mol. The van der Waals surface area contributed by atoms with Gasteiger partial charge in [0.2, 0.25) is 10.0 Å². The number of aromatic nitrogens is 4. The van der Waals surface area contributed by atoms with Crippen molar-refractivity contribution in [1.29, 1.82) is 0 Å². The van der Waals surface area contributed by atoms with Crippen molar-refractivity contribution in [3.8, 4) is 11.3 Å². The number of nitrogens with one attached hydrogen (secondary N) is 2. The standard InChI is InChI=1S/C21H23N5O2S/c1-29(27,28)25-17-8-7-15(14-5-3-2-4-6-14)11-16(17)20-19-12-23-21-18(9-10-22-21)26(19)13-24-20/h7-14,22,25H,2-6H2,1H3. The van der Waals surface area contributed by atoms with Crippen molar-refractivity contribution < 1.29 is 8.42 Å². The highest BCUT2D eigenvalue weighted by Gasteiger charge is 2.20. The normalized spacial score (nSPS) is 15.9. The number of imidazole rings is 1. The Balaban J connectivity index is 1.69. The van der Waals surface area contributed by atoms with Gasteiger partial charge < -0.3 is 4.98 Å². The Morgan fingerprint density at radius 1 is 1.10 bits per heavy atom. The number of H-pyrrole nitrogens is 1. The van der Waals surface area contributed by atoms with E-state index in [9.17, 15) is 8.42 Å². The molecule has 1 fully saturated rings. The molecule has 1 aliphatic rings. The molecule has 0 atom stereocenters. The Morgan fingerprint density at radius 3 is 2.72 bits per heavy atom. The van der Waals surface area contributed by atoms with Crippen LogP contribution in [0.5, 0.6) is 0 Å². The molecule has 150 valence electrons. The van der Waals surface area contributed by atoms with Crippen LogP contribution in [0, 0.1) is 0 Å². The summed E-state index contributed by atoms with van der Waals surface area (Å²) in [7, 11) is -3.41. The molecule has 8 heteroatoms. The molecular weight excluding hydrogens is 386 g/mol. The van der Waals surface area contributed by atoms with Gasteiger partial charge in [-0.15, -0.1) is 0 Å². The summed E-state index contributed by atoms with van der Waals surface area (Å²) in [5, 5.41) is 0.